The highest BCUT2D eigenvalue weighted by molar-refractivity contribution is 5.36. The van der Waals surface area contributed by atoms with E-state index in [1.165, 1.54) is 0 Å². The molecule has 0 fully saturated rings. The van der Waals surface area contributed by atoms with Crippen molar-refractivity contribution in [3.8, 4) is 5.82 Å². The first-order valence-corrected chi connectivity index (χ1v) is 7.05. The minimum Gasteiger partial charge on any atom is -0.391 e. The summed E-state index contributed by atoms with van der Waals surface area (Å²) >= 11 is 0. The molecule has 2 N–H and O–H groups in total. The second kappa shape index (κ2) is 5.81. The van der Waals surface area contributed by atoms with Crippen molar-refractivity contribution in [2.24, 2.45) is 5.41 Å². The highest BCUT2D eigenvalue weighted by atomic mass is 16.3. The summed E-state index contributed by atoms with van der Waals surface area (Å²) in [5.41, 5.74) is 1.78. The lowest BCUT2D eigenvalue weighted by Crippen LogP contribution is -2.33. The predicted octanol–water partition coefficient (Wildman–Crippen LogP) is 2.10. The van der Waals surface area contributed by atoms with E-state index in [0.29, 0.717) is 18.2 Å². The SMILES string of the molecule is Cc1cc(C)n(-c2cncc(NC[C@@H](O)C(C)(C)C)n2)n1. The van der Waals surface area contributed by atoms with E-state index in [1.54, 1.807) is 17.1 Å². The standard InChI is InChI=1S/C15H23N5O/c1-10-6-11(2)20(19-10)14-9-16-8-13(18-14)17-7-12(21)15(3,4)5/h6,8-9,12,21H,7H2,1-5H3,(H,17,18)/t12-/m1/s1. The van der Waals surface area contributed by atoms with E-state index in [-0.39, 0.29) is 5.41 Å². The van der Waals surface area contributed by atoms with Crippen LogP contribution in [0.15, 0.2) is 18.5 Å². The fourth-order valence-electron chi connectivity index (χ4n) is 1.91. The highest BCUT2D eigenvalue weighted by Gasteiger charge is 2.21. The Bertz CT molecular complexity index is 615. The van der Waals surface area contributed by atoms with Crippen molar-refractivity contribution in [3.63, 3.8) is 0 Å². The van der Waals surface area contributed by atoms with Gasteiger partial charge in [-0.2, -0.15) is 5.10 Å². The van der Waals surface area contributed by atoms with Crippen LogP contribution in [0.5, 0.6) is 0 Å². The predicted molar refractivity (Wildman–Crippen MR) is 82.6 cm³/mol. The van der Waals surface area contributed by atoms with Crippen LogP contribution in [-0.2, 0) is 0 Å². The van der Waals surface area contributed by atoms with Crippen LogP contribution in [0.3, 0.4) is 0 Å². The fraction of sp³-hybridized carbons (Fsp3) is 0.533. The number of hydrogen-bond acceptors (Lipinski definition) is 5. The van der Waals surface area contributed by atoms with Crippen LogP contribution < -0.4 is 5.32 Å². The third kappa shape index (κ3) is 3.78. The van der Waals surface area contributed by atoms with E-state index >= 15 is 0 Å². The number of anilines is 1. The average Bonchev–Trinajstić information content (AvgIpc) is 2.74. The van der Waals surface area contributed by atoms with Crippen molar-refractivity contribution in [3.05, 3.63) is 29.8 Å². The molecule has 0 aromatic carbocycles. The van der Waals surface area contributed by atoms with Gasteiger partial charge in [0.2, 0.25) is 0 Å². The van der Waals surface area contributed by atoms with Gasteiger partial charge in [0.1, 0.15) is 5.82 Å². The maximum Gasteiger partial charge on any atom is 0.174 e. The summed E-state index contributed by atoms with van der Waals surface area (Å²) in [4.78, 5) is 8.67. The summed E-state index contributed by atoms with van der Waals surface area (Å²) in [7, 11) is 0. The van der Waals surface area contributed by atoms with Gasteiger partial charge in [-0.05, 0) is 25.3 Å². The number of aryl methyl sites for hydroxylation is 2. The average molecular weight is 289 g/mol. The van der Waals surface area contributed by atoms with E-state index < -0.39 is 6.10 Å². The van der Waals surface area contributed by atoms with Crippen LogP contribution in [0.1, 0.15) is 32.2 Å². The summed E-state index contributed by atoms with van der Waals surface area (Å²) in [6.07, 6.45) is 2.85. The Morgan fingerprint density at radius 2 is 2.00 bits per heavy atom. The quantitative estimate of drug-likeness (QED) is 0.901. The molecule has 1 atom stereocenters. The third-order valence-corrected chi connectivity index (χ3v) is 3.32. The van der Waals surface area contributed by atoms with Crippen molar-refractivity contribution in [1.29, 1.82) is 0 Å². The smallest absolute Gasteiger partial charge is 0.174 e. The van der Waals surface area contributed by atoms with Gasteiger partial charge in [-0.3, -0.25) is 4.98 Å². The van der Waals surface area contributed by atoms with Crippen LogP contribution in [0, 0.1) is 19.3 Å². The molecule has 0 amide bonds. The number of aliphatic hydroxyl groups excluding tert-OH is 1. The van der Waals surface area contributed by atoms with E-state index in [0.717, 1.165) is 11.4 Å². The van der Waals surface area contributed by atoms with Crippen LogP contribution >= 0.6 is 0 Å². The Morgan fingerprint density at radius 3 is 2.57 bits per heavy atom. The van der Waals surface area contributed by atoms with Crippen molar-refractivity contribution < 1.29 is 5.11 Å². The fourth-order valence-corrected chi connectivity index (χ4v) is 1.91. The molecule has 0 saturated carbocycles. The molecule has 6 heteroatoms. The van der Waals surface area contributed by atoms with Gasteiger partial charge in [-0.25, -0.2) is 9.67 Å². The molecule has 2 aromatic heterocycles. The van der Waals surface area contributed by atoms with Gasteiger partial charge < -0.3 is 10.4 Å². The second-order valence-corrected chi connectivity index (χ2v) is 6.36. The number of aliphatic hydroxyl groups is 1. The van der Waals surface area contributed by atoms with Crippen molar-refractivity contribution in [2.45, 2.75) is 40.7 Å². The van der Waals surface area contributed by atoms with Gasteiger partial charge in [0, 0.05) is 12.2 Å². The zero-order chi connectivity index (χ0) is 15.6. The first-order chi connectivity index (χ1) is 9.77. The molecule has 2 heterocycles. The number of hydrogen-bond donors (Lipinski definition) is 2. The third-order valence-electron chi connectivity index (χ3n) is 3.32. The lowest BCUT2D eigenvalue weighted by atomic mass is 9.89. The summed E-state index contributed by atoms with van der Waals surface area (Å²) in [5.74, 6) is 1.29. The van der Waals surface area contributed by atoms with Crippen molar-refractivity contribution in [1.82, 2.24) is 19.7 Å². The highest BCUT2D eigenvalue weighted by Crippen LogP contribution is 2.19. The molecule has 0 spiro atoms. The Labute approximate surface area is 125 Å². The van der Waals surface area contributed by atoms with Gasteiger partial charge in [0.05, 0.1) is 24.2 Å². The molecule has 0 radical (unpaired) electrons. The number of nitrogens with one attached hydrogen (secondary N) is 1. The summed E-state index contributed by atoms with van der Waals surface area (Å²) in [5, 5.41) is 17.6. The van der Waals surface area contributed by atoms with Gasteiger partial charge in [-0.1, -0.05) is 20.8 Å². The van der Waals surface area contributed by atoms with E-state index in [2.05, 4.69) is 20.4 Å². The van der Waals surface area contributed by atoms with Gasteiger partial charge in [0.25, 0.3) is 0 Å². The van der Waals surface area contributed by atoms with Gasteiger partial charge in [0.15, 0.2) is 5.82 Å². The number of nitrogens with zero attached hydrogens (tertiary/aromatic N) is 4. The molecule has 21 heavy (non-hydrogen) atoms. The molecule has 0 aliphatic heterocycles. The molecule has 2 aromatic rings. The summed E-state index contributed by atoms with van der Waals surface area (Å²) in [6, 6.07) is 1.99. The van der Waals surface area contributed by atoms with Gasteiger partial charge in [-0.15, -0.1) is 0 Å². The van der Waals surface area contributed by atoms with Crippen molar-refractivity contribution >= 4 is 5.82 Å². The first kappa shape index (κ1) is 15.4. The Morgan fingerprint density at radius 1 is 1.29 bits per heavy atom. The normalized spacial score (nSPS) is 13.2. The summed E-state index contributed by atoms with van der Waals surface area (Å²) in [6.45, 7) is 10.3. The maximum absolute atomic E-state index is 10.1. The maximum atomic E-state index is 10.1. The lowest BCUT2D eigenvalue weighted by Gasteiger charge is -2.26. The largest absolute Gasteiger partial charge is 0.391 e. The molecular weight excluding hydrogens is 266 g/mol. The first-order valence-electron chi connectivity index (χ1n) is 7.05. The molecular formula is C15H23N5O. The molecule has 0 unspecified atom stereocenters. The van der Waals surface area contributed by atoms with Crippen LogP contribution in [0.25, 0.3) is 5.82 Å². The van der Waals surface area contributed by atoms with Crippen LogP contribution in [0.2, 0.25) is 0 Å². The molecule has 0 saturated heterocycles. The molecule has 0 bridgehead atoms. The topological polar surface area (TPSA) is 75.9 Å². The van der Waals surface area contributed by atoms with Crippen molar-refractivity contribution in [2.75, 3.05) is 11.9 Å². The summed E-state index contributed by atoms with van der Waals surface area (Å²) < 4.78 is 1.76. The Hall–Kier alpha value is -1.95. The minimum absolute atomic E-state index is 0.173. The molecule has 6 nitrogen and oxygen atoms in total. The Kier molecular flexibility index (Phi) is 4.27. The number of rotatable bonds is 4. The molecule has 0 aliphatic carbocycles. The zero-order valence-electron chi connectivity index (χ0n) is 13.3. The van der Waals surface area contributed by atoms with E-state index in [4.69, 9.17) is 0 Å². The Balaban J connectivity index is 2.13. The monoisotopic (exact) mass is 289 g/mol. The van der Waals surface area contributed by atoms with Crippen LogP contribution in [0.4, 0.5) is 5.82 Å². The van der Waals surface area contributed by atoms with Crippen LogP contribution in [-0.4, -0.2) is 37.5 Å². The molecule has 114 valence electrons. The zero-order valence-corrected chi connectivity index (χ0v) is 13.3. The minimum atomic E-state index is -0.461. The lowest BCUT2D eigenvalue weighted by molar-refractivity contribution is 0.0745. The second-order valence-electron chi connectivity index (χ2n) is 6.36. The van der Waals surface area contributed by atoms with E-state index in [9.17, 15) is 5.11 Å². The van der Waals surface area contributed by atoms with Gasteiger partial charge >= 0.3 is 0 Å². The number of aromatic nitrogens is 4. The van der Waals surface area contributed by atoms with E-state index in [1.807, 2.05) is 40.7 Å². The molecule has 0 aliphatic rings. The molecule has 2 rings (SSSR count).